The molecule has 0 aromatic heterocycles. The van der Waals surface area contributed by atoms with Gasteiger partial charge in [0.15, 0.2) is 6.61 Å². The molecule has 138 valence electrons. The lowest BCUT2D eigenvalue weighted by atomic mass is 10.2. The SMILES string of the molecule is COc1cc(NC(=O)COc2cccc(C)c2)ccc1NC(=O)C(C)C. The van der Waals surface area contributed by atoms with Crippen LogP contribution in [0.15, 0.2) is 42.5 Å². The average molecular weight is 356 g/mol. The molecule has 6 heteroatoms. The van der Waals surface area contributed by atoms with Crippen LogP contribution in [0.5, 0.6) is 11.5 Å². The molecule has 2 aromatic rings. The number of methoxy groups -OCH3 is 1. The Bertz CT molecular complexity index is 787. The Morgan fingerprint density at radius 2 is 1.85 bits per heavy atom. The molecule has 0 aliphatic heterocycles. The molecule has 0 spiro atoms. The highest BCUT2D eigenvalue weighted by molar-refractivity contribution is 5.95. The fourth-order valence-electron chi connectivity index (χ4n) is 2.20. The predicted octanol–water partition coefficient (Wildman–Crippen LogP) is 3.62. The van der Waals surface area contributed by atoms with Crippen LogP contribution in [0.2, 0.25) is 0 Å². The van der Waals surface area contributed by atoms with Crippen LogP contribution >= 0.6 is 0 Å². The number of ether oxygens (including phenoxy) is 2. The zero-order valence-corrected chi connectivity index (χ0v) is 15.5. The number of aryl methyl sites for hydroxylation is 1. The van der Waals surface area contributed by atoms with Crippen LogP contribution in [0.4, 0.5) is 11.4 Å². The van der Waals surface area contributed by atoms with E-state index in [9.17, 15) is 9.59 Å². The predicted molar refractivity (Wildman–Crippen MR) is 102 cm³/mol. The molecule has 0 saturated heterocycles. The van der Waals surface area contributed by atoms with Crippen molar-refractivity contribution >= 4 is 23.2 Å². The number of rotatable bonds is 7. The van der Waals surface area contributed by atoms with E-state index in [0.29, 0.717) is 22.9 Å². The van der Waals surface area contributed by atoms with Crippen molar-refractivity contribution in [2.24, 2.45) is 5.92 Å². The molecule has 0 heterocycles. The number of hydrogen-bond acceptors (Lipinski definition) is 4. The molecule has 0 aliphatic carbocycles. The first-order valence-electron chi connectivity index (χ1n) is 8.37. The smallest absolute Gasteiger partial charge is 0.262 e. The van der Waals surface area contributed by atoms with Gasteiger partial charge in [-0.1, -0.05) is 26.0 Å². The van der Waals surface area contributed by atoms with Gasteiger partial charge in [0.2, 0.25) is 5.91 Å². The van der Waals surface area contributed by atoms with E-state index in [-0.39, 0.29) is 24.3 Å². The van der Waals surface area contributed by atoms with Gasteiger partial charge in [0, 0.05) is 17.7 Å². The molecule has 26 heavy (non-hydrogen) atoms. The molecule has 0 fully saturated rings. The molecule has 2 aromatic carbocycles. The van der Waals surface area contributed by atoms with Gasteiger partial charge in [0.05, 0.1) is 12.8 Å². The van der Waals surface area contributed by atoms with Crippen LogP contribution in [0, 0.1) is 12.8 Å². The number of nitrogens with one attached hydrogen (secondary N) is 2. The lowest BCUT2D eigenvalue weighted by molar-refractivity contribution is -0.119. The highest BCUT2D eigenvalue weighted by Crippen LogP contribution is 2.28. The highest BCUT2D eigenvalue weighted by atomic mass is 16.5. The second-order valence-corrected chi connectivity index (χ2v) is 6.21. The summed E-state index contributed by atoms with van der Waals surface area (Å²) >= 11 is 0. The van der Waals surface area contributed by atoms with E-state index in [0.717, 1.165) is 5.56 Å². The van der Waals surface area contributed by atoms with Gasteiger partial charge in [-0.15, -0.1) is 0 Å². The maximum atomic E-state index is 12.1. The molecule has 2 amide bonds. The third kappa shape index (κ3) is 5.51. The van der Waals surface area contributed by atoms with Gasteiger partial charge in [-0.05, 0) is 36.8 Å². The van der Waals surface area contributed by atoms with Gasteiger partial charge in [0.25, 0.3) is 5.91 Å². The van der Waals surface area contributed by atoms with Crippen LogP contribution in [0.25, 0.3) is 0 Å². The van der Waals surface area contributed by atoms with Gasteiger partial charge >= 0.3 is 0 Å². The maximum Gasteiger partial charge on any atom is 0.262 e. The highest BCUT2D eigenvalue weighted by Gasteiger charge is 2.12. The molecule has 0 aliphatic rings. The number of amides is 2. The number of carbonyl (C=O) groups is 2. The van der Waals surface area contributed by atoms with Gasteiger partial charge in [0.1, 0.15) is 11.5 Å². The van der Waals surface area contributed by atoms with Crippen molar-refractivity contribution in [2.45, 2.75) is 20.8 Å². The zero-order valence-electron chi connectivity index (χ0n) is 15.5. The van der Waals surface area contributed by atoms with E-state index in [2.05, 4.69) is 10.6 Å². The molecular weight excluding hydrogens is 332 g/mol. The van der Waals surface area contributed by atoms with Gasteiger partial charge < -0.3 is 20.1 Å². The molecular formula is C20H24N2O4. The minimum Gasteiger partial charge on any atom is -0.494 e. The minimum absolute atomic E-state index is 0.0996. The molecule has 0 unspecified atom stereocenters. The summed E-state index contributed by atoms with van der Waals surface area (Å²) in [6, 6.07) is 12.5. The number of carbonyl (C=O) groups excluding carboxylic acids is 2. The van der Waals surface area contributed by atoms with Crippen molar-refractivity contribution in [1.29, 1.82) is 0 Å². The van der Waals surface area contributed by atoms with Crippen molar-refractivity contribution in [3.63, 3.8) is 0 Å². The first-order chi connectivity index (χ1) is 12.4. The Balaban J connectivity index is 1.98. The second-order valence-electron chi connectivity index (χ2n) is 6.21. The Kier molecular flexibility index (Phi) is 6.60. The van der Waals surface area contributed by atoms with Gasteiger partial charge in [-0.25, -0.2) is 0 Å². The van der Waals surface area contributed by atoms with E-state index >= 15 is 0 Å². The third-order valence-corrected chi connectivity index (χ3v) is 3.63. The van der Waals surface area contributed by atoms with E-state index in [1.165, 1.54) is 7.11 Å². The normalized spacial score (nSPS) is 10.3. The molecule has 0 bridgehead atoms. The van der Waals surface area contributed by atoms with Crippen LogP contribution in [-0.2, 0) is 9.59 Å². The number of hydrogen-bond donors (Lipinski definition) is 2. The molecule has 6 nitrogen and oxygen atoms in total. The molecule has 0 radical (unpaired) electrons. The van der Waals surface area contributed by atoms with E-state index in [4.69, 9.17) is 9.47 Å². The lowest BCUT2D eigenvalue weighted by Gasteiger charge is -2.14. The summed E-state index contributed by atoms with van der Waals surface area (Å²) in [6.45, 7) is 5.48. The largest absolute Gasteiger partial charge is 0.494 e. The average Bonchev–Trinajstić information content (AvgIpc) is 2.61. The fraction of sp³-hybridized carbons (Fsp3) is 0.300. The summed E-state index contributed by atoms with van der Waals surface area (Å²) in [7, 11) is 1.51. The first kappa shape index (κ1) is 19.3. The monoisotopic (exact) mass is 356 g/mol. The van der Waals surface area contributed by atoms with Crippen molar-refractivity contribution in [3.05, 3.63) is 48.0 Å². The van der Waals surface area contributed by atoms with Gasteiger partial charge in [-0.3, -0.25) is 9.59 Å². The summed E-state index contributed by atoms with van der Waals surface area (Å²) in [6.07, 6.45) is 0. The van der Waals surface area contributed by atoms with Crippen molar-refractivity contribution < 1.29 is 19.1 Å². The van der Waals surface area contributed by atoms with Crippen molar-refractivity contribution in [3.8, 4) is 11.5 Å². The molecule has 2 rings (SSSR count). The quantitative estimate of drug-likeness (QED) is 0.794. The minimum atomic E-state index is -0.285. The molecule has 0 atom stereocenters. The summed E-state index contributed by atoms with van der Waals surface area (Å²) in [5.74, 6) is 0.581. The molecule has 0 saturated carbocycles. The maximum absolute atomic E-state index is 12.1. The van der Waals surface area contributed by atoms with Crippen molar-refractivity contribution in [1.82, 2.24) is 0 Å². The van der Waals surface area contributed by atoms with E-state index in [1.54, 1.807) is 24.3 Å². The summed E-state index contributed by atoms with van der Waals surface area (Å²) in [4.78, 5) is 23.9. The third-order valence-electron chi connectivity index (χ3n) is 3.63. The van der Waals surface area contributed by atoms with Crippen LogP contribution < -0.4 is 20.1 Å². The standard InChI is InChI=1S/C20H24N2O4/c1-13(2)20(24)22-17-9-8-15(11-18(17)25-4)21-19(23)12-26-16-7-5-6-14(3)10-16/h5-11,13H,12H2,1-4H3,(H,21,23)(H,22,24). The van der Waals surface area contributed by atoms with Crippen LogP contribution in [0.3, 0.4) is 0 Å². The zero-order chi connectivity index (χ0) is 19.1. The Morgan fingerprint density at radius 3 is 2.50 bits per heavy atom. The summed E-state index contributed by atoms with van der Waals surface area (Å²) in [5, 5.41) is 5.54. The topological polar surface area (TPSA) is 76.7 Å². The summed E-state index contributed by atoms with van der Waals surface area (Å²) in [5.41, 5.74) is 2.18. The first-order valence-corrected chi connectivity index (χ1v) is 8.37. The van der Waals surface area contributed by atoms with E-state index in [1.807, 2.05) is 39.0 Å². The summed E-state index contributed by atoms with van der Waals surface area (Å²) < 4.78 is 10.8. The Hall–Kier alpha value is -3.02. The fourth-order valence-corrected chi connectivity index (χ4v) is 2.20. The second kappa shape index (κ2) is 8.89. The van der Waals surface area contributed by atoms with Crippen LogP contribution in [-0.4, -0.2) is 25.5 Å². The Morgan fingerprint density at radius 1 is 1.08 bits per heavy atom. The van der Waals surface area contributed by atoms with Crippen molar-refractivity contribution in [2.75, 3.05) is 24.4 Å². The van der Waals surface area contributed by atoms with Crippen LogP contribution in [0.1, 0.15) is 19.4 Å². The lowest BCUT2D eigenvalue weighted by Crippen LogP contribution is -2.20. The van der Waals surface area contributed by atoms with E-state index < -0.39 is 0 Å². The number of benzene rings is 2. The number of anilines is 2. The van der Waals surface area contributed by atoms with Gasteiger partial charge in [-0.2, -0.15) is 0 Å². The molecule has 2 N–H and O–H groups in total. The Labute approximate surface area is 153 Å².